The van der Waals surface area contributed by atoms with E-state index in [1.807, 2.05) is 0 Å². The van der Waals surface area contributed by atoms with Gasteiger partial charge in [-0.3, -0.25) is 14.9 Å². The summed E-state index contributed by atoms with van der Waals surface area (Å²) in [6.07, 6.45) is 5.12. The van der Waals surface area contributed by atoms with Crippen molar-refractivity contribution < 1.29 is 14.8 Å². The molecule has 1 aromatic carbocycles. The van der Waals surface area contributed by atoms with Crippen molar-refractivity contribution in [3.05, 3.63) is 33.9 Å². The summed E-state index contributed by atoms with van der Waals surface area (Å²) in [6, 6.07) is 5.79. The lowest BCUT2D eigenvalue weighted by Crippen LogP contribution is -2.30. The Kier molecular flexibility index (Phi) is 4.44. The molecule has 0 saturated heterocycles. The molecule has 0 amide bonds. The number of terminal acetylenes is 1. The molecule has 0 spiro atoms. The Morgan fingerprint density at radius 2 is 2.26 bits per heavy atom. The third kappa shape index (κ3) is 3.20. The van der Waals surface area contributed by atoms with E-state index in [1.54, 1.807) is 6.07 Å². The number of nitro benzene ring substituents is 1. The molecule has 96 valence electrons. The number of carboxylic acid groups (broad SMARTS) is 1. The second-order valence-electron chi connectivity index (χ2n) is 3.50. The van der Waals surface area contributed by atoms with Gasteiger partial charge in [0.1, 0.15) is 23.9 Å². The number of carboxylic acids is 1. The molecule has 0 saturated carbocycles. The quantitative estimate of drug-likeness (QED) is 0.480. The van der Waals surface area contributed by atoms with E-state index in [0.29, 0.717) is 0 Å². The first-order valence-electron chi connectivity index (χ1n) is 5.09. The molecule has 0 fully saturated rings. The number of benzene rings is 1. The van der Waals surface area contributed by atoms with Crippen molar-refractivity contribution in [2.45, 2.75) is 0 Å². The molecule has 0 atom stereocenters. The first-order valence-corrected chi connectivity index (χ1v) is 5.09. The second-order valence-corrected chi connectivity index (χ2v) is 3.50. The van der Waals surface area contributed by atoms with Gasteiger partial charge < -0.3 is 10.0 Å². The van der Waals surface area contributed by atoms with Gasteiger partial charge in [-0.15, -0.1) is 6.42 Å². The van der Waals surface area contributed by atoms with Gasteiger partial charge in [-0.25, -0.2) is 0 Å². The fourth-order valence-electron chi connectivity index (χ4n) is 1.57. The van der Waals surface area contributed by atoms with E-state index in [4.69, 9.17) is 16.8 Å². The van der Waals surface area contributed by atoms with Gasteiger partial charge in [0.05, 0.1) is 11.5 Å². The van der Waals surface area contributed by atoms with Crippen LogP contribution in [-0.4, -0.2) is 29.1 Å². The van der Waals surface area contributed by atoms with Crippen molar-refractivity contribution >= 4 is 17.3 Å². The van der Waals surface area contributed by atoms with Gasteiger partial charge in [0.25, 0.3) is 0 Å². The average molecular weight is 259 g/mol. The molecule has 0 bridgehead atoms. The fraction of sp³-hybridized carbons (Fsp3) is 0.167. The Morgan fingerprint density at radius 1 is 1.58 bits per heavy atom. The summed E-state index contributed by atoms with van der Waals surface area (Å²) < 4.78 is 0. The monoisotopic (exact) mass is 259 g/mol. The van der Waals surface area contributed by atoms with Crippen LogP contribution >= 0.6 is 0 Å². The van der Waals surface area contributed by atoms with Gasteiger partial charge >= 0.3 is 11.7 Å². The highest BCUT2D eigenvalue weighted by molar-refractivity contribution is 5.78. The molecule has 0 aliphatic rings. The number of hydrogen-bond donors (Lipinski definition) is 1. The van der Waals surface area contributed by atoms with E-state index < -0.39 is 23.1 Å². The van der Waals surface area contributed by atoms with Gasteiger partial charge in [0.2, 0.25) is 0 Å². The number of nitriles is 1. The Hall–Kier alpha value is -3.06. The number of para-hydroxylation sites is 1. The summed E-state index contributed by atoms with van der Waals surface area (Å²) in [6.45, 7) is -0.595. The molecule has 0 unspecified atom stereocenters. The number of rotatable bonds is 5. The predicted molar refractivity (Wildman–Crippen MR) is 66.5 cm³/mol. The van der Waals surface area contributed by atoms with Crippen molar-refractivity contribution in [3.63, 3.8) is 0 Å². The maximum absolute atomic E-state index is 11.0. The summed E-state index contributed by atoms with van der Waals surface area (Å²) in [5.41, 5.74) is -0.569. The third-order valence-electron chi connectivity index (χ3n) is 2.27. The first kappa shape index (κ1) is 14.0. The molecule has 0 aliphatic carbocycles. The van der Waals surface area contributed by atoms with Crippen molar-refractivity contribution in [1.82, 2.24) is 0 Å². The van der Waals surface area contributed by atoms with Crippen LogP contribution in [0.5, 0.6) is 0 Å². The standard InChI is InChI=1S/C12H9N3O4/c1-2-6-14(8-11(16)17)10-5-3-4-9(7-13)12(10)15(18)19/h1,3-5H,6,8H2,(H,16,17). The van der Waals surface area contributed by atoms with Gasteiger partial charge in [-0.05, 0) is 12.1 Å². The van der Waals surface area contributed by atoms with Gasteiger partial charge in [-0.1, -0.05) is 12.0 Å². The number of nitrogens with zero attached hydrogens (tertiary/aromatic N) is 3. The molecular weight excluding hydrogens is 250 g/mol. The Balaban J connectivity index is 3.38. The zero-order valence-electron chi connectivity index (χ0n) is 9.74. The number of anilines is 1. The van der Waals surface area contributed by atoms with Crippen molar-refractivity contribution in [1.29, 1.82) is 5.26 Å². The van der Waals surface area contributed by atoms with Crippen LogP contribution in [0.2, 0.25) is 0 Å². The summed E-state index contributed by atoms with van der Waals surface area (Å²) in [5, 5.41) is 28.7. The summed E-state index contributed by atoms with van der Waals surface area (Å²) in [7, 11) is 0. The van der Waals surface area contributed by atoms with E-state index in [0.717, 1.165) is 4.90 Å². The lowest BCUT2D eigenvalue weighted by molar-refractivity contribution is -0.384. The Morgan fingerprint density at radius 3 is 2.74 bits per heavy atom. The van der Waals surface area contributed by atoms with Gasteiger partial charge in [0, 0.05) is 0 Å². The van der Waals surface area contributed by atoms with E-state index in [9.17, 15) is 14.9 Å². The van der Waals surface area contributed by atoms with E-state index >= 15 is 0 Å². The molecular formula is C12H9N3O4. The predicted octanol–water partition coefficient (Wildman–Crippen LogP) is 0.991. The highest BCUT2D eigenvalue weighted by Gasteiger charge is 2.24. The Labute approximate surface area is 108 Å². The van der Waals surface area contributed by atoms with E-state index in [1.165, 1.54) is 18.2 Å². The van der Waals surface area contributed by atoms with Crippen LogP contribution in [0.1, 0.15) is 5.56 Å². The summed E-state index contributed by atoms with van der Waals surface area (Å²) >= 11 is 0. The summed E-state index contributed by atoms with van der Waals surface area (Å²) in [4.78, 5) is 22.2. The van der Waals surface area contributed by atoms with Gasteiger partial charge in [0.15, 0.2) is 0 Å². The lowest BCUT2D eigenvalue weighted by atomic mass is 10.1. The maximum Gasteiger partial charge on any atom is 0.323 e. The topological polar surface area (TPSA) is 107 Å². The second kappa shape index (κ2) is 6.03. The normalized spacial score (nSPS) is 9.16. The zero-order valence-corrected chi connectivity index (χ0v) is 9.74. The van der Waals surface area contributed by atoms with Crippen molar-refractivity contribution in [2.75, 3.05) is 18.0 Å². The van der Waals surface area contributed by atoms with Crippen LogP contribution in [0, 0.1) is 33.8 Å². The first-order chi connectivity index (χ1) is 9.01. The largest absolute Gasteiger partial charge is 0.480 e. The highest BCUT2D eigenvalue weighted by atomic mass is 16.6. The number of hydrogen-bond acceptors (Lipinski definition) is 5. The molecule has 0 aromatic heterocycles. The van der Waals surface area contributed by atoms with Crippen LogP contribution in [-0.2, 0) is 4.79 Å². The van der Waals surface area contributed by atoms with E-state index in [2.05, 4.69) is 5.92 Å². The molecule has 7 nitrogen and oxygen atoms in total. The number of nitro groups is 1. The van der Waals surface area contributed by atoms with Crippen LogP contribution in [0.3, 0.4) is 0 Å². The summed E-state index contributed by atoms with van der Waals surface area (Å²) in [5.74, 6) is 1.06. The molecule has 1 aromatic rings. The molecule has 7 heteroatoms. The van der Waals surface area contributed by atoms with Crippen LogP contribution < -0.4 is 4.90 Å². The molecule has 1 rings (SSSR count). The van der Waals surface area contributed by atoms with Crippen molar-refractivity contribution in [3.8, 4) is 18.4 Å². The van der Waals surface area contributed by atoms with Crippen LogP contribution in [0.15, 0.2) is 18.2 Å². The van der Waals surface area contributed by atoms with Gasteiger partial charge in [-0.2, -0.15) is 5.26 Å². The number of carbonyl (C=O) groups is 1. The minimum Gasteiger partial charge on any atom is -0.480 e. The minimum absolute atomic E-state index is 0.0180. The van der Waals surface area contributed by atoms with E-state index in [-0.39, 0.29) is 17.8 Å². The lowest BCUT2D eigenvalue weighted by Gasteiger charge is -2.20. The van der Waals surface area contributed by atoms with Crippen LogP contribution in [0.25, 0.3) is 0 Å². The zero-order chi connectivity index (χ0) is 14.4. The average Bonchev–Trinajstić information content (AvgIpc) is 2.36. The minimum atomic E-state index is -1.17. The molecule has 19 heavy (non-hydrogen) atoms. The molecule has 0 aliphatic heterocycles. The van der Waals surface area contributed by atoms with Crippen LogP contribution in [0.4, 0.5) is 11.4 Å². The molecule has 0 radical (unpaired) electrons. The highest BCUT2D eigenvalue weighted by Crippen LogP contribution is 2.31. The molecule has 1 N–H and O–H groups in total. The SMILES string of the molecule is C#CCN(CC(=O)O)c1cccc(C#N)c1[N+](=O)[O-]. The van der Waals surface area contributed by atoms with Crippen molar-refractivity contribution in [2.24, 2.45) is 0 Å². The fourth-order valence-corrected chi connectivity index (χ4v) is 1.57. The number of aliphatic carboxylic acids is 1. The smallest absolute Gasteiger partial charge is 0.323 e. The molecule has 0 heterocycles. The maximum atomic E-state index is 11.0. The third-order valence-corrected chi connectivity index (χ3v) is 2.27. The Bertz CT molecular complexity index is 598.